The Labute approximate surface area is 167 Å². The van der Waals surface area contributed by atoms with Gasteiger partial charge in [0.25, 0.3) is 0 Å². The molecule has 3 aromatic rings. The van der Waals surface area contributed by atoms with Crippen molar-refractivity contribution in [2.45, 2.75) is 19.5 Å². The van der Waals surface area contributed by atoms with Gasteiger partial charge >= 0.3 is 11.8 Å². The van der Waals surface area contributed by atoms with Crippen molar-refractivity contribution in [2.75, 3.05) is 0 Å². The molecule has 6 heteroatoms. The van der Waals surface area contributed by atoms with E-state index in [0.29, 0.717) is 10.4 Å². The Morgan fingerprint density at radius 1 is 0.857 bits per heavy atom. The first kappa shape index (κ1) is 19.5. The maximum atomic E-state index is 12.4. The second-order valence-corrected chi connectivity index (χ2v) is 7.42. The lowest BCUT2D eigenvalue weighted by atomic mass is 10.1. The standard InChI is InChI=1S/C22H20N2O3S/c1-15(16-8-4-2-5-9-16)24-22(27)21(26)23-14-18-12-13-19(28-18)20(25)17-10-6-3-7-11-17/h2-13,15H,14H2,1H3,(H,23,26)(H,24,27). The first-order valence-electron chi connectivity index (χ1n) is 8.86. The van der Waals surface area contributed by atoms with E-state index in [2.05, 4.69) is 10.6 Å². The van der Waals surface area contributed by atoms with E-state index in [0.717, 1.165) is 10.4 Å². The summed E-state index contributed by atoms with van der Waals surface area (Å²) in [6.45, 7) is 2.01. The van der Waals surface area contributed by atoms with Crippen molar-refractivity contribution in [3.05, 3.63) is 93.7 Å². The lowest BCUT2D eigenvalue weighted by Gasteiger charge is -2.13. The van der Waals surface area contributed by atoms with Gasteiger partial charge in [0.2, 0.25) is 5.78 Å². The highest BCUT2D eigenvalue weighted by molar-refractivity contribution is 7.14. The summed E-state index contributed by atoms with van der Waals surface area (Å²) in [6, 6.07) is 21.7. The first-order chi connectivity index (χ1) is 13.5. The summed E-state index contributed by atoms with van der Waals surface area (Å²) in [6.07, 6.45) is 0. The van der Waals surface area contributed by atoms with Crippen LogP contribution in [0.1, 0.15) is 38.6 Å². The number of benzene rings is 2. The quantitative estimate of drug-likeness (QED) is 0.498. The van der Waals surface area contributed by atoms with Gasteiger partial charge in [0.15, 0.2) is 0 Å². The molecule has 2 aromatic carbocycles. The normalized spacial score (nSPS) is 11.5. The summed E-state index contributed by atoms with van der Waals surface area (Å²) in [4.78, 5) is 38.0. The molecule has 0 aliphatic heterocycles. The highest BCUT2D eigenvalue weighted by Crippen LogP contribution is 2.20. The van der Waals surface area contributed by atoms with Crippen LogP contribution in [-0.4, -0.2) is 17.6 Å². The Morgan fingerprint density at radius 2 is 1.50 bits per heavy atom. The van der Waals surface area contributed by atoms with E-state index >= 15 is 0 Å². The fourth-order valence-corrected chi connectivity index (χ4v) is 3.57. The van der Waals surface area contributed by atoms with Crippen molar-refractivity contribution in [3.8, 4) is 0 Å². The van der Waals surface area contributed by atoms with Crippen LogP contribution in [0.4, 0.5) is 0 Å². The third-order valence-corrected chi connectivity index (χ3v) is 5.28. The first-order valence-corrected chi connectivity index (χ1v) is 9.68. The Kier molecular flexibility index (Phi) is 6.34. The van der Waals surface area contributed by atoms with Crippen molar-refractivity contribution < 1.29 is 14.4 Å². The van der Waals surface area contributed by atoms with Gasteiger partial charge in [-0.3, -0.25) is 14.4 Å². The van der Waals surface area contributed by atoms with Crippen molar-refractivity contribution in [1.29, 1.82) is 0 Å². The van der Waals surface area contributed by atoms with Crippen LogP contribution in [0, 0.1) is 0 Å². The highest BCUT2D eigenvalue weighted by Gasteiger charge is 2.17. The minimum atomic E-state index is -0.702. The van der Waals surface area contributed by atoms with Crippen LogP contribution in [0.2, 0.25) is 0 Å². The lowest BCUT2D eigenvalue weighted by molar-refractivity contribution is -0.139. The average Bonchev–Trinajstić information content (AvgIpc) is 3.21. The molecule has 1 aromatic heterocycles. The molecule has 2 amide bonds. The molecule has 0 aliphatic carbocycles. The summed E-state index contributed by atoms with van der Waals surface area (Å²) in [5.74, 6) is -1.45. The molecule has 2 N–H and O–H groups in total. The predicted molar refractivity (Wildman–Crippen MR) is 109 cm³/mol. The number of carbonyl (C=O) groups excluding carboxylic acids is 3. The van der Waals surface area contributed by atoms with E-state index in [1.54, 1.807) is 24.3 Å². The summed E-state index contributed by atoms with van der Waals surface area (Å²) in [5, 5.41) is 5.27. The smallest absolute Gasteiger partial charge is 0.309 e. The van der Waals surface area contributed by atoms with Crippen molar-refractivity contribution in [1.82, 2.24) is 10.6 Å². The van der Waals surface area contributed by atoms with Gasteiger partial charge in [0.05, 0.1) is 17.5 Å². The van der Waals surface area contributed by atoms with Crippen LogP contribution in [0.25, 0.3) is 0 Å². The molecule has 5 nitrogen and oxygen atoms in total. The minimum Gasteiger partial charge on any atom is -0.343 e. The maximum absolute atomic E-state index is 12.4. The third-order valence-electron chi connectivity index (χ3n) is 4.20. The summed E-state index contributed by atoms with van der Waals surface area (Å²) in [5.41, 5.74) is 1.54. The monoisotopic (exact) mass is 392 g/mol. The number of ketones is 1. The van der Waals surface area contributed by atoms with Crippen LogP contribution in [-0.2, 0) is 16.1 Å². The molecule has 0 spiro atoms. The fourth-order valence-electron chi connectivity index (χ4n) is 2.66. The molecular weight excluding hydrogens is 372 g/mol. The van der Waals surface area contributed by atoms with Crippen LogP contribution in [0.3, 0.4) is 0 Å². The second kappa shape index (κ2) is 9.10. The molecule has 1 heterocycles. The van der Waals surface area contributed by atoms with Gasteiger partial charge in [-0.1, -0.05) is 60.7 Å². The Hall–Kier alpha value is -3.25. The number of hydrogen-bond acceptors (Lipinski definition) is 4. The van der Waals surface area contributed by atoms with Gasteiger partial charge in [-0.15, -0.1) is 11.3 Å². The zero-order valence-corrected chi connectivity index (χ0v) is 16.2. The molecule has 0 radical (unpaired) electrons. The predicted octanol–water partition coefficient (Wildman–Crippen LogP) is 3.47. The lowest BCUT2D eigenvalue weighted by Crippen LogP contribution is -2.40. The van der Waals surface area contributed by atoms with Gasteiger partial charge in [-0.2, -0.15) is 0 Å². The zero-order valence-electron chi connectivity index (χ0n) is 15.3. The maximum Gasteiger partial charge on any atom is 0.309 e. The van der Waals surface area contributed by atoms with Gasteiger partial charge in [0.1, 0.15) is 0 Å². The molecule has 0 fully saturated rings. The number of rotatable bonds is 6. The molecule has 1 atom stereocenters. The summed E-state index contributed by atoms with van der Waals surface area (Å²) < 4.78 is 0. The molecule has 28 heavy (non-hydrogen) atoms. The molecule has 0 saturated carbocycles. The van der Waals surface area contributed by atoms with Gasteiger partial charge in [-0.05, 0) is 24.6 Å². The molecule has 142 valence electrons. The van der Waals surface area contributed by atoms with Crippen LogP contribution in [0.5, 0.6) is 0 Å². The number of thiophene rings is 1. The zero-order chi connectivity index (χ0) is 19.9. The van der Waals surface area contributed by atoms with Gasteiger partial charge < -0.3 is 10.6 Å². The molecule has 0 aliphatic rings. The Bertz CT molecular complexity index is 968. The minimum absolute atomic E-state index is 0.0578. The number of amides is 2. The number of hydrogen-bond donors (Lipinski definition) is 2. The molecule has 3 rings (SSSR count). The third kappa shape index (κ3) is 4.92. The topological polar surface area (TPSA) is 75.3 Å². The van der Waals surface area contributed by atoms with Gasteiger partial charge in [-0.25, -0.2) is 0 Å². The van der Waals surface area contributed by atoms with Crippen LogP contribution < -0.4 is 10.6 Å². The van der Waals surface area contributed by atoms with Crippen molar-refractivity contribution >= 4 is 28.9 Å². The highest BCUT2D eigenvalue weighted by atomic mass is 32.1. The SMILES string of the molecule is CC(NC(=O)C(=O)NCc1ccc(C(=O)c2ccccc2)s1)c1ccccc1. The van der Waals surface area contributed by atoms with E-state index in [9.17, 15) is 14.4 Å². The van der Waals surface area contributed by atoms with Crippen molar-refractivity contribution in [2.24, 2.45) is 0 Å². The Balaban J connectivity index is 1.53. The van der Waals surface area contributed by atoms with Crippen LogP contribution >= 0.6 is 11.3 Å². The van der Waals surface area contributed by atoms with E-state index in [1.165, 1.54) is 11.3 Å². The molecular formula is C22H20N2O3S. The van der Waals surface area contributed by atoms with E-state index in [4.69, 9.17) is 0 Å². The summed E-state index contributed by atoms with van der Waals surface area (Å²) >= 11 is 1.30. The summed E-state index contributed by atoms with van der Waals surface area (Å²) in [7, 11) is 0. The molecule has 0 bridgehead atoms. The largest absolute Gasteiger partial charge is 0.343 e. The van der Waals surface area contributed by atoms with Crippen molar-refractivity contribution in [3.63, 3.8) is 0 Å². The van der Waals surface area contributed by atoms with E-state index in [-0.39, 0.29) is 18.4 Å². The number of nitrogens with one attached hydrogen (secondary N) is 2. The van der Waals surface area contributed by atoms with E-state index in [1.807, 2.05) is 55.5 Å². The fraction of sp³-hybridized carbons (Fsp3) is 0.136. The van der Waals surface area contributed by atoms with Crippen LogP contribution in [0.15, 0.2) is 72.8 Å². The van der Waals surface area contributed by atoms with E-state index < -0.39 is 11.8 Å². The second-order valence-electron chi connectivity index (χ2n) is 6.25. The Morgan fingerprint density at radius 3 is 2.18 bits per heavy atom. The molecule has 0 saturated heterocycles. The molecule has 1 unspecified atom stereocenters. The van der Waals surface area contributed by atoms with Gasteiger partial charge in [0, 0.05) is 10.4 Å². The average molecular weight is 392 g/mol. The number of carbonyl (C=O) groups is 3.